The summed E-state index contributed by atoms with van der Waals surface area (Å²) in [5.41, 5.74) is 8.20. The Labute approximate surface area is 226 Å². The Morgan fingerprint density at radius 3 is 2.53 bits per heavy atom. The van der Waals surface area contributed by atoms with Gasteiger partial charge in [-0.2, -0.15) is 0 Å². The SMILES string of the molecule is NC1CCN(c2ccc(C(=O)Nc3ccccc3C(=O)Nc3ccc(Cl)cn3)c(OC3CCNCC3)c2)C1. The van der Waals surface area contributed by atoms with Gasteiger partial charge in [0.05, 0.1) is 21.8 Å². The van der Waals surface area contributed by atoms with Gasteiger partial charge in [0.1, 0.15) is 17.7 Å². The van der Waals surface area contributed by atoms with Gasteiger partial charge < -0.3 is 31.3 Å². The lowest BCUT2D eigenvalue weighted by Gasteiger charge is -2.26. The van der Waals surface area contributed by atoms with E-state index in [1.807, 2.05) is 12.1 Å². The molecule has 1 atom stereocenters. The number of hydrogen-bond donors (Lipinski definition) is 4. The Kier molecular flexibility index (Phi) is 8.07. The van der Waals surface area contributed by atoms with E-state index < -0.39 is 5.91 Å². The van der Waals surface area contributed by atoms with E-state index in [4.69, 9.17) is 22.1 Å². The second-order valence-electron chi connectivity index (χ2n) is 9.56. The highest BCUT2D eigenvalue weighted by atomic mass is 35.5. The summed E-state index contributed by atoms with van der Waals surface area (Å²) >= 11 is 5.89. The molecular weight excluding hydrogens is 504 g/mol. The zero-order valence-electron chi connectivity index (χ0n) is 21.0. The summed E-state index contributed by atoms with van der Waals surface area (Å²) in [5.74, 6) is 0.126. The van der Waals surface area contributed by atoms with Crippen LogP contribution in [0.1, 0.15) is 40.0 Å². The molecule has 0 bridgehead atoms. The summed E-state index contributed by atoms with van der Waals surface area (Å²) in [6.45, 7) is 3.38. The Morgan fingerprint density at radius 1 is 1.00 bits per heavy atom. The van der Waals surface area contributed by atoms with Gasteiger partial charge in [-0.1, -0.05) is 23.7 Å². The third-order valence-electron chi connectivity index (χ3n) is 6.77. The minimum Gasteiger partial charge on any atom is -0.489 e. The number of carbonyl (C=O) groups excluding carboxylic acids is 2. The van der Waals surface area contributed by atoms with Crippen molar-refractivity contribution in [2.75, 3.05) is 41.7 Å². The van der Waals surface area contributed by atoms with E-state index in [-0.39, 0.29) is 18.1 Å². The molecule has 3 heterocycles. The summed E-state index contributed by atoms with van der Waals surface area (Å²) < 4.78 is 6.38. The number of hydrogen-bond acceptors (Lipinski definition) is 7. The number of anilines is 3. The van der Waals surface area contributed by atoms with Crippen LogP contribution in [0.5, 0.6) is 5.75 Å². The molecular formula is C28H31ClN6O3. The molecule has 2 aliphatic heterocycles. The van der Waals surface area contributed by atoms with Crippen LogP contribution < -0.4 is 31.3 Å². The van der Waals surface area contributed by atoms with Crippen LogP contribution >= 0.6 is 11.6 Å². The molecule has 5 rings (SSSR count). The molecule has 0 spiro atoms. The van der Waals surface area contributed by atoms with Crippen LogP contribution in [0.4, 0.5) is 17.2 Å². The fraction of sp³-hybridized carbons (Fsp3) is 0.321. The molecule has 2 saturated heterocycles. The normalized spacial score (nSPS) is 17.7. The van der Waals surface area contributed by atoms with Crippen molar-refractivity contribution in [2.24, 2.45) is 5.73 Å². The van der Waals surface area contributed by atoms with Crippen LogP contribution in [0.15, 0.2) is 60.8 Å². The fourth-order valence-electron chi connectivity index (χ4n) is 4.72. The van der Waals surface area contributed by atoms with E-state index in [1.165, 1.54) is 6.20 Å². The second-order valence-corrected chi connectivity index (χ2v) is 9.99. The lowest BCUT2D eigenvalue weighted by Crippen LogP contribution is -2.34. The van der Waals surface area contributed by atoms with Crippen LogP contribution in [0.3, 0.4) is 0 Å². The zero-order valence-corrected chi connectivity index (χ0v) is 21.7. The number of piperidine rings is 1. The molecule has 0 aliphatic carbocycles. The number of amides is 2. The van der Waals surface area contributed by atoms with Crippen molar-refractivity contribution in [1.29, 1.82) is 0 Å². The molecule has 1 unspecified atom stereocenters. The molecule has 3 aromatic rings. The summed E-state index contributed by atoms with van der Waals surface area (Å²) in [7, 11) is 0. The summed E-state index contributed by atoms with van der Waals surface area (Å²) in [6.07, 6.45) is 4.12. The number of benzene rings is 2. The summed E-state index contributed by atoms with van der Waals surface area (Å²) in [5, 5.41) is 9.46. The van der Waals surface area contributed by atoms with Crippen molar-refractivity contribution in [1.82, 2.24) is 10.3 Å². The lowest BCUT2D eigenvalue weighted by atomic mass is 10.1. The molecule has 10 heteroatoms. The van der Waals surface area contributed by atoms with Gasteiger partial charge in [0.25, 0.3) is 11.8 Å². The first-order valence-electron chi connectivity index (χ1n) is 12.8. The molecule has 198 valence electrons. The highest BCUT2D eigenvalue weighted by Gasteiger charge is 2.24. The maximum atomic E-state index is 13.5. The third-order valence-corrected chi connectivity index (χ3v) is 6.99. The molecule has 1 aromatic heterocycles. The number of ether oxygens (including phenoxy) is 1. The van der Waals surface area contributed by atoms with Gasteiger partial charge in [-0.05, 0) is 68.8 Å². The van der Waals surface area contributed by atoms with E-state index in [1.54, 1.807) is 42.5 Å². The van der Waals surface area contributed by atoms with Crippen molar-refractivity contribution in [3.63, 3.8) is 0 Å². The monoisotopic (exact) mass is 534 g/mol. The quantitative estimate of drug-likeness (QED) is 0.362. The number of aromatic nitrogens is 1. The van der Waals surface area contributed by atoms with Gasteiger partial charge in [-0.15, -0.1) is 0 Å². The first-order valence-corrected chi connectivity index (χ1v) is 13.2. The molecule has 0 radical (unpaired) electrons. The number of para-hydroxylation sites is 1. The summed E-state index contributed by atoms with van der Waals surface area (Å²) in [4.78, 5) is 32.9. The van der Waals surface area contributed by atoms with E-state index in [2.05, 4.69) is 25.8 Å². The van der Waals surface area contributed by atoms with E-state index >= 15 is 0 Å². The number of nitrogens with zero attached hydrogens (tertiary/aromatic N) is 2. The molecule has 9 nitrogen and oxygen atoms in total. The van der Waals surface area contributed by atoms with Crippen molar-refractivity contribution < 1.29 is 14.3 Å². The number of halogens is 1. The number of nitrogens with one attached hydrogen (secondary N) is 3. The average Bonchev–Trinajstić information content (AvgIpc) is 3.37. The number of carbonyl (C=O) groups is 2. The van der Waals surface area contributed by atoms with Crippen molar-refractivity contribution in [3.05, 3.63) is 76.9 Å². The lowest BCUT2D eigenvalue weighted by molar-refractivity contribution is 0.101. The van der Waals surface area contributed by atoms with Gasteiger partial charge in [0, 0.05) is 37.1 Å². The van der Waals surface area contributed by atoms with Crippen molar-refractivity contribution >= 4 is 40.6 Å². The topological polar surface area (TPSA) is 122 Å². The Bertz CT molecular complexity index is 1300. The Balaban J connectivity index is 1.38. The van der Waals surface area contributed by atoms with Gasteiger partial charge in [0.15, 0.2) is 0 Å². The van der Waals surface area contributed by atoms with Gasteiger partial charge in [-0.3, -0.25) is 9.59 Å². The molecule has 5 N–H and O–H groups in total. The minimum absolute atomic E-state index is 0.0174. The minimum atomic E-state index is -0.400. The molecule has 0 saturated carbocycles. The zero-order chi connectivity index (χ0) is 26.5. The van der Waals surface area contributed by atoms with E-state index in [0.29, 0.717) is 33.4 Å². The van der Waals surface area contributed by atoms with Crippen LogP contribution in [0.2, 0.25) is 5.02 Å². The van der Waals surface area contributed by atoms with E-state index in [9.17, 15) is 9.59 Å². The fourth-order valence-corrected chi connectivity index (χ4v) is 4.83. The molecule has 2 fully saturated rings. The molecule has 38 heavy (non-hydrogen) atoms. The van der Waals surface area contributed by atoms with Crippen LogP contribution in [-0.2, 0) is 0 Å². The van der Waals surface area contributed by atoms with E-state index in [0.717, 1.165) is 51.1 Å². The highest BCUT2D eigenvalue weighted by Crippen LogP contribution is 2.31. The maximum absolute atomic E-state index is 13.5. The smallest absolute Gasteiger partial charge is 0.259 e. The van der Waals surface area contributed by atoms with Crippen LogP contribution in [-0.4, -0.2) is 55.1 Å². The van der Waals surface area contributed by atoms with Crippen molar-refractivity contribution in [3.8, 4) is 5.75 Å². The standard InChI is InChI=1S/C28H31ClN6O3/c29-18-5-8-26(32-16-18)34-27(36)22-3-1-2-4-24(22)33-28(37)23-7-6-20(35-14-11-19(30)17-35)15-25(23)38-21-9-12-31-13-10-21/h1-8,15-16,19,21,31H,9-14,17,30H2,(H,33,37)(H,32,34,36). The van der Waals surface area contributed by atoms with Crippen molar-refractivity contribution in [2.45, 2.75) is 31.4 Å². The maximum Gasteiger partial charge on any atom is 0.259 e. The molecule has 2 amide bonds. The van der Waals surface area contributed by atoms with Crippen LogP contribution in [0.25, 0.3) is 0 Å². The predicted octanol–water partition coefficient (Wildman–Crippen LogP) is 3.91. The molecule has 2 aromatic carbocycles. The number of nitrogens with two attached hydrogens (primary N) is 1. The first-order chi connectivity index (χ1) is 18.5. The van der Waals surface area contributed by atoms with Gasteiger partial charge in [-0.25, -0.2) is 4.98 Å². The molecule has 2 aliphatic rings. The Hall–Kier alpha value is -3.66. The number of pyridine rings is 1. The third kappa shape index (κ3) is 6.24. The highest BCUT2D eigenvalue weighted by molar-refractivity contribution is 6.30. The first kappa shape index (κ1) is 26.0. The Morgan fingerprint density at radius 2 is 1.79 bits per heavy atom. The average molecular weight is 535 g/mol. The largest absolute Gasteiger partial charge is 0.489 e. The number of rotatable bonds is 7. The summed E-state index contributed by atoms with van der Waals surface area (Å²) in [6, 6.07) is 15.9. The second kappa shape index (κ2) is 11.8. The van der Waals surface area contributed by atoms with Crippen LogP contribution in [0, 0.1) is 0 Å². The van der Waals surface area contributed by atoms with Gasteiger partial charge >= 0.3 is 0 Å². The van der Waals surface area contributed by atoms with Gasteiger partial charge in [0.2, 0.25) is 0 Å². The predicted molar refractivity (Wildman–Crippen MR) is 149 cm³/mol.